The topological polar surface area (TPSA) is 71.7 Å². The van der Waals surface area contributed by atoms with Gasteiger partial charge in [-0.2, -0.15) is 0 Å². The number of fused-ring (bicyclic) bond motifs is 4. The zero-order chi connectivity index (χ0) is 16.6. The van der Waals surface area contributed by atoms with E-state index in [-0.39, 0.29) is 6.09 Å². The quantitative estimate of drug-likeness (QED) is 0.861. The number of rotatable bonds is 1. The van der Waals surface area contributed by atoms with Crippen LogP contribution in [0.1, 0.15) is 33.6 Å². The highest BCUT2D eigenvalue weighted by Gasteiger charge is 2.37. The van der Waals surface area contributed by atoms with Crippen molar-refractivity contribution in [1.29, 1.82) is 0 Å². The van der Waals surface area contributed by atoms with Crippen molar-refractivity contribution in [1.82, 2.24) is 9.88 Å². The number of anilines is 2. The average molecular weight is 318 g/mol. The number of ether oxygens (including phenoxy) is 1. The Morgan fingerprint density at radius 2 is 2.04 bits per heavy atom. The minimum absolute atomic E-state index is 0.202. The lowest BCUT2D eigenvalue weighted by molar-refractivity contribution is 0.0243. The molecule has 4 rings (SSSR count). The SMILES string of the molecule is CC(C)(C)OC(=O)N1CC2CCC(C1)N(c1ccc(N)nc1)C2. The van der Waals surface area contributed by atoms with Crippen LogP contribution in [0.2, 0.25) is 0 Å². The number of aromatic nitrogens is 1. The molecule has 0 spiro atoms. The Labute approximate surface area is 137 Å². The Hall–Kier alpha value is -1.98. The first-order chi connectivity index (χ1) is 10.8. The van der Waals surface area contributed by atoms with Crippen molar-refractivity contribution in [2.24, 2.45) is 5.92 Å². The average Bonchev–Trinajstić information content (AvgIpc) is 2.78. The first kappa shape index (κ1) is 15.9. The second kappa shape index (κ2) is 5.91. The molecule has 3 fully saturated rings. The lowest BCUT2D eigenvalue weighted by Gasteiger charge is -2.37. The molecule has 0 aliphatic carbocycles. The molecule has 0 saturated carbocycles. The number of hydrogen-bond acceptors (Lipinski definition) is 5. The van der Waals surface area contributed by atoms with Crippen LogP contribution in [0.3, 0.4) is 0 Å². The molecule has 23 heavy (non-hydrogen) atoms. The molecule has 1 amide bonds. The summed E-state index contributed by atoms with van der Waals surface area (Å²) in [5.41, 5.74) is 6.31. The van der Waals surface area contributed by atoms with Crippen molar-refractivity contribution in [3.05, 3.63) is 18.3 Å². The van der Waals surface area contributed by atoms with Gasteiger partial charge in [0.1, 0.15) is 11.4 Å². The van der Waals surface area contributed by atoms with Gasteiger partial charge in [-0.15, -0.1) is 0 Å². The fraction of sp³-hybridized carbons (Fsp3) is 0.647. The summed E-state index contributed by atoms with van der Waals surface area (Å²) in [6.45, 7) is 8.15. The van der Waals surface area contributed by atoms with Crippen molar-refractivity contribution in [2.45, 2.75) is 45.3 Å². The monoisotopic (exact) mass is 318 g/mol. The van der Waals surface area contributed by atoms with Crippen molar-refractivity contribution in [3.63, 3.8) is 0 Å². The van der Waals surface area contributed by atoms with E-state index in [2.05, 4.69) is 9.88 Å². The van der Waals surface area contributed by atoms with E-state index >= 15 is 0 Å². The van der Waals surface area contributed by atoms with Gasteiger partial charge < -0.3 is 20.3 Å². The van der Waals surface area contributed by atoms with E-state index in [1.807, 2.05) is 44.0 Å². The van der Waals surface area contributed by atoms with Gasteiger partial charge in [-0.1, -0.05) is 0 Å². The van der Waals surface area contributed by atoms with E-state index in [0.29, 0.717) is 24.3 Å². The number of nitrogen functional groups attached to an aromatic ring is 1. The fourth-order valence-electron chi connectivity index (χ4n) is 3.44. The summed E-state index contributed by atoms with van der Waals surface area (Å²) in [6.07, 6.45) is 3.87. The van der Waals surface area contributed by atoms with Crippen LogP contribution in [0, 0.1) is 5.92 Å². The van der Waals surface area contributed by atoms with Crippen LogP contribution in [-0.4, -0.2) is 47.3 Å². The Bertz CT molecular complexity index is 567. The van der Waals surface area contributed by atoms with Gasteiger partial charge in [0.15, 0.2) is 0 Å². The van der Waals surface area contributed by atoms with E-state index in [9.17, 15) is 4.79 Å². The molecule has 0 aromatic carbocycles. The third kappa shape index (κ3) is 3.68. The largest absolute Gasteiger partial charge is 0.444 e. The van der Waals surface area contributed by atoms with Crippen LogP contribution in [0.5, 0.6) is 0 Å². The number of piperidine rings is 1. The number of pyridine rings is 1. The molecule has 3 aliphatic heterocycles. The molecule has 3 saturated heterocycles. The van der Waals surface area contributed by atoms with Gasteiger partial charge in [0.2, 0.25) is 0 Å². The number of hydrogen-bond donors (Lipinski definition) is 1. The maximum atomic E-state index is 12.4. The van der Waals surface area contributed by atoms with Gasteiger partial charge in [-0.25, -0.2) is 9.78 Å². The maximum absolute atomic E-state index is 12.4. The minimum Gasteiger partial charge on any atom is -0.444 e. The smallest absolute Gasteiger partial charge is 0.410 e. The molecule has 0 radical (unpaired) electrons. The van der Waals surface area contributed by atoms with E-state index in [1.165, 1.54) is 0 Å². The lowest BCUT2D eigenvalue weighted by atomic mass is 9.94. The lowest BCUT2D eigenvalue weighted by Crippen LogP contribution is -2.45. The molecular weight excluding hydrogens is 292 g/mol. The molecule has 6 heteroatoms. The van der Waals surface area contributed by atoms with Gasteiger partial charge in [0, 0.05) is 25.7 Å². The van der Waals surface area contributed by atoms with E-state index in [0.717, 1.165) is 31.6 Å². The second-order valence-electron chi connectivity index (χ2n) is 7.58. The zero-order valence-corrected chi connectivity index (χ0v) is 14.2. The third-order valence-corrected chi connectivity index (χ3v) is 4.47. The Kier molecular flexibility index (Phi) is 4.08. The summed E-state index contributed by atoms with van der Waals surface area (Å²) < 4.78 is 5.55. The summed E-state index contributed by atoms with van der Waals surface area (Å²) in [5.74, 6) is 1.00. The normalized spacial score (nSPS) is 24.5. The molecule has 2 bridgehead atoms. The van der Waals surface area contributed by atoms with Crippen molar-refractivity contribution >= 4 is 17.6 Å². The fourth-order valence-corrected chi connectivity index (χ4v) is 3.44. The minimum atomic E-state index is -0.455. The Morgan fingerprint density at radius 3 is 2.70 bits per heavy atom. The van der Waals surface area contributed by atoms with Gasteiger partial charge in [-0.3, -0.25) is 0 Å². The number of nitrogens with two attached hydrogens (primary N) is 1. The first-order valence-corrected chi connectivity index (χ1v) is 8.28. The summed E-state index contributed by atoms with van der Waals surface area (Å²) in [6, 6.07) is 4.16. The molecule has 4 heterocycles. The summed E-state index contributed by atoms with van der Waals surface area (Å²) in [7, 11) is 0. The van der Waals surface area contributed by atoms with Crippen LogP contribution in [-0.2, 0) is 4.74 Å². The summed E-state index contributed by atoms with van der Waals surface area (Å²) in [5, 5.41) is 0. The molecule has 126 valence electrons. The molecule has 2 atom stereocenters. The van der Waals surface area contributed by atoms with E-state index in [4.69, 9.17) is 10.5 Å². The highest BCUT2D eigenvalue weighted by atomic mass is 16.6. The van der Waals surface area contributed by atoms with Crippen LogP contribution in [0.4, 0.5) is 16.3 Å². The van der Waals surface area contributed by atoms with E-state index in [1.54, 1.807) is 0 Å². The predicted molar refractivity (Wildman–Crippen MR) is 90.3 cm³/mol. The molecule has 2 N–H and O–H groups in total. The molecule has 6 nitrogen and oxygen atoms in total. The second-order valence-corrected chi connectivity index (χ2v) is 7.58. The Balaban J connectivity index is 1.75. The molecule has 1 aromatic heterocycles. The van der Waals surface area contributed by atoms with Gasteiger partial charge in [0.05, 0.1) is 11.9 Å². The van der Waals surface area contributed by atoms with Crippen LogP contribution in [0.15, 0.2) is 18.3 Å². The van der Waals surface area contributed by atoms with Gasteiger partial charge >= 0.3 is 6.09 Å². The third-order valence-electron chi connectivity index (χ3n) is 4.47. The van der Waals surface area contributed by atoms with Crippen LogP contribution >= 0.6 is 0 Å². The highest BCUT2D eigenvalue weighted by molar-refractivity contribution is 5.68. The summed E-state index contributed by atoms with van der Waals surface area (Å²) >= 11 is 0. The van der Waals surface area contributed by atoms with Gasteiger partial charge in [0.25, 0.3) is 0 Å². The predicted octanol–water partition coefficient (Wildman–Crippen LogP) is 2.50. The van der Waals surface area contributed by atoms with Gasteiger partial charge in [-0.05, 0) is 51.7 Å². The van der Waals surface area contributed by atoms with Crippen LogP contribution < -0.4 is 10.6 Å². The maximum Gasteiger partial charge on any atom is 0.410 e. The molecule has 1 aromatic rings. The number of carbonyl (C=O) groups excluding carboxylic acids is 1. The number of nitrogens with zero attached hydrogens (tertiary/aromatic N) is 3. The van der Waals surface area contributed by atoms with Crippen molar-refractivity contribution in [3.8, 4) is 0 Å². The first-order valence-electron chi connectivity index (χ1n) is 8.28. The summed E-state index contributed by atoms with van der Waals surface area (Å²) in [4.78, 5) is 20.9. The van der Waals surface area contributed by atoms with Crippen molar-refractivity contribution in [2.75, 3.05) is 30.3 Å². The zero-order valence-electron chi connectivity index (χ0n) is 14.2. The molecule has 2 unspecified atom stereocenters. The standard InChI is InChI=1S/C17H26N4O2/c1-17(2,3)23-16(22)20-9-12-4-5-14(11-20)21(10-12)13-6-7-15(18)19-8-13/h6-8,12,14H,4-5,9-11H2,1-3H3,(H2,18,19). The number of carbonyl (C=O) groups is 1. The number of amides is 1. The van der Waals surface area contributed by atoms with Crippen molar-refractivity contribution < 1.29 is 9.53 Å². The van der Waals surface area contributed by atoms with E-state index < -0.39 is 5.60 Å². The van der Waals surface area contributed by atoms with Crippen LogP contribution in [0.25, 0.3) is 0 Å². The molecule has 3 aliphatic rings. The highest BCUT2D eigenvalue weighted by Crippen LogP contribution is 2.32. The molecular formula is C17H26N4O2. The Morgan fingerprint density at radius 1 is 1.26 bits per heavy atom.